The summed E-state index contributed by atoms with van der Waals surface area (Å²) in [4.78, 5) is 0. The maximum atomic E-state index is 6.01. The van der Waals surface area contributed by atoms with Crippen molar-refractivity contribution in [3.63, 3.8) is 0 Å². The summed E-state index contributed by atoms with van der Waals surface area (Å²) >= 11 is 3.52. The summed E-state index contributed by atoms with van der Waals surface area (Å²) in [7, 11) is 0. The Bertz CT molecular complexity index is 472. The van der Waals surface area contributed by atoms with E-state index in [1.54, 1.807) is 0 Å². The van der Waals surface area contributed by atoms with Crippen LogP contribution in [0.1, 0.15) is 38.7 Å². The van der Waals surface area contributed by atoms with Crippen molar-refractivity contribution in [1.29, 1.82) is 0 Å². The molecule has 0 bridgehead atoms. The average molecular weight is 324 g/mol. The maximum absolute atomic E-state index is 6.01. The van der Waals surface area contributed by atoms with Crippen LogP contribution in [0.15, 0.2) is 22.7 Å². The third-order valence-electron chi connectivity index (χ3n) is 4.61. The van der Waals surface area contributed by atoms with Crippen LogP contribution < -0.4 is 10.1 Å². The van der Waals surface area contributed by atoms with Crippen LogP contribution in [0.2, 0.25) is 0 Å². The van der Waals surface area contributed by atoms with E-state index in [-0.39, 0.29) is 0 Å². The predicted octanol–water partition coefficient (Wildman–Crippen LogP) is 3.92. The Morgan fingerprint density at radius 2 is 2.26 bits per heavy atom. The monoisotopic (exact) mass is 323 g/mol. The van der Waals surface area contributed by atoms with Crippen molar-refractivity contribution in [2.24, 2.45) is 5.41 Å². The molecule has 1 N–H and O–H groups in total. The molecule has 1 aliphatic heterocycles. The van der Waals surface area contributed by atoms with Crippen LogP contribution in [0.3, 0.4) is 0 Å². The SMILES string of the molecule is CC1(C)CCCC1NCC1Cc2cc(Br)ccc2O1. The van der Waals surface area contributed by atoms with Gasteiger partial charge in [0.25, 0.3) is 0 Å². The van der Waals surface area contributed by atoms with Gasteiger partial charge < -0.3 is 10.1 Å². The van der Waals surface area contributed by atoms with Gasteiger partial charge in [-0.25, -0.2) is 0 Å². The van der Waals surface area contributed by atoms with E-state index in [0.29, 0.717) is 17.6 Å². The highest BCUT2D eigenvalue weighted by Gasteiger charge is 2.35. The molecule has 0 spiro atoms. The minimum Gasteiger partial charge on any atom is -0.488 e. The highest BCUT2D eigenvalue weighted by molar-refractivity contribution is 9.10. The Labute approximate surface area is 124 Å². The molecular weight excluding hydrogens is 302 g/mol. The van der Waals surface area contributed by atoms with Gasteiger partial charge in [-0.3, -0.25) is 0 Å². The number of rotatable bonds is 3. The second-order valence-corrected chi connectivity index (χ2v) is 7.45. The summed E-state index contributed by atoms with van der Waals surface area (Å²) in [6, 6.07) is 6.94. The quantitative estimate of drug-likeness (QED) is 0.910. The molecule has 104 valence electrons. The molecule has 0 amide bonds. The molecule has 2 unspecified atom stereocenters. The zero-order chi connectivity index (χ0) is 13.5. The van der Waals surface area contributed by atoms with Gasteiger partial charge in [-0.1, -0.05) is 36.2 Å². The summed E-state index contributed by atoms with van der Waals surface area (Å²) in [6.07, 6.45) is 5.31. The lowest BCUT2D eigenvalue weighted by molar-refractivity contribution is 0.200. The molecule has 1 aliphatic carbocycles. The summed E-state index contributed by atoms with van der Waals surface area (Å²) in [5.41, 5.74) is 1.76. The second-order valence-electron chi connectivity index (χ2n) is 6.54. The van der Waals surface area contributed by atoms with Gasteiger partial charge in [0.2, 0.25) is 0 Å². The number of benzene rings is 1. The molecule has 1 fully saturated rings. The normalized spacial score (nSPS) is 28.2. The minimum atomic E-state index is 0.292. The largest absolute Gasteiger partial charge is 0.488 e. The van der Waals surface area contributed by atoms with Crippen LogP contribution in [0.5, 0.6) is 5.75 Å². The van der Waals surface area contributed by atoms with Gasteiger partial charge in [0.05, 0.1) is 0 Å². The summed E-state index contributed by atoms with van der Waals surface area (Å²) in [6.45, 7) is 5.71. The average Bonchev–Trinajstić information content (AvgIpc) is 2.88. The highest BCUT2D eigenvalue weighted by atomic mass is 79.9. The molecule has 0 radical (unpaired) electrons. The molecule has 1 heterocycles. The van der Waals surface area contributed by atoms with Crippen molar-refractivity contribution >= 4 is 15.9 Å². The van der Waals surface area contributed by atoms with E-state index < -0.39 is 0 Å². The van der Waals surface area contributed by atoms with Gasteiger partial charge in [0.15, 0.2) is 0 Å². The van der Waals surface area contributed by atoms with E-state index in [4.69, 9.17) is 4.74 Å². The fourth-order valence-corrected chi connectivity index (χ4v) is 3.79. The van der Waals surface area contributed by atoms with Gasteiger partial charge in [-0.15, -0.1) is 0 Å². The molecule has 3 heteroatoms. The number of halogens is 1. The lowest BCUT2D eigenvalue weighted by atomic mass is 9.87. The zero-order valence-electron chi connectivity index (χ0n) is 11.7. The minimum absolute atomic E-state index is 0.292. The number of ether oxygens (including phenoxy) is 1. The first-order chi connectivity index (χ1) is 9.04. The van der Waals surface area contributed by atoms with E-state index in [0.717, 1.165) is 23.2 Å². The molecule has 0 aromatic heterocycles. The zero-order valence-corrected chi connectivity index (χ0v) is 13.3. The standard InChI is InChI=1S/C16H22BrNO/c1-16(2)7-3-4-15(16)18-10-13-9-11-8-12(17)5-6-14(11)19-13/h5-6,8,13,15,18H,3-4,7,9-10H2,1-2H3. The maximum Gasteiger partial charge on any atom is 0.123 e. The first-order valence-corrected chi connectivity index (χ1v) is 8.02. The van der Waals surface area contributed by atoms with Crippen molar-refractivity contribution in [1.82, 2.24) is 5.32 Å². The van der Waals surface area contributed by atoms with Crippen molar-refractivity contribution in [3.8, 4) is 5.75 Å². The molecule has 2 atom stereocenters. The first-order valence-electron chi connectivity index (χ1n) is 7.23. The highest BCUT2D eigenvalue weighted by Crippen LogP contribution is 2.37. The Hall–Kier alpha value is -0.540. The van der Waals surface area contributed by atoms with Gasteiger partial charge >= 0.3 is 0 Å². The summed E-state index contributed by atoms with van der Waals surface area (Å²) in [5.74, 6) is 1.06. The molecule has 1 aromatic rings. The van der Waals surface area contributed by atoms with Gasteiger partial charge in [-0.05, 0) is 42.0 Å². The van der Waals surface area contributed by atoms with Crippen molar-refractivity contribution in [3.05, 3.63) is 28.2 Å². The van der Waals surface area contributed by atoms with Crippen LogP contribution in [0.25, 0.3) is 0 Å². The summed E-state index contributed by atoms with van der Waals surface area (Å²) < 4.78 is 7.15. The summed E-state index contributed by atoms with van der Waals surface area (Å²) in [5, 5.41) is 3.73. The number of nitrogens with one attached hydrogen (secondary N) is 1. The molecule has 3 rings (SSSR count). The van der Waals surface area contributed by atoms with Gasteiger partial charge in [-0.2, -0.15) is 0 Å². The van der Waals surface area contributed by atoms with Crippen molar-refractivity contribution in [2.75, 3.05) is 6.54 Å². The molecule has 0 saturated heterocycles. The van der Waals surface area contributed by atoms with E-state index >= 15 is 0 Å². The van der Waals surface area contributed by atoms with E-state index in [9.17, 15) is 0 Å². The fraction of sp³-hybridized carbons (Fsp3) is 0.625. The molecule has 2 nitrogen and oxygen atoms in total. The van der Waals surface area contributed by atoms with Gasteiger partial charge in [0.1, 0.15) is 11.9 Å². The lowest BCUT2D eigenvalue weighted by Crippen LogP contribution is -2.42. The molecule has 1 aromatic carbocycles. The van der Waals surface area contributed by atoms with E-state index in [1.165, 1.54) is 24.8 Å². The third-order valence-corrected chi connectivity index (χ3v) is 5.11. The molecule has 1 saturated carbocycles. The molecule has 2 aliphatic rings. The third kappa shape index (κ3) is 2.82. The number of hydrogen-bond donors (Lipinski definition) is 1. The smallest absolute Gasteiger partial charge is 0.123 e. The molecular formula is C16H22BrNO. The van der Waals surface area contributed by atoms with Crippen LogP contribution in [0.4, 0.5) is 0 Å². The lowest BCUT2D eigenvalue weighted by Gasteiger charge is -2.29. The van der Waals surface area contributed by atoms with Crippen LogP contribution in [-0.2, 0) is 6.42 Å². The van der Waals surface area contributed by atoms with Crippen LogP contribution in [-0.4, -0.2) is 18.7 Å². The van der Waals surface area contributed by atoms with Crippen molar-refractivity contribution in [2.45, 2.75) is 51.7 Å². The first kappa shape index (κ1) is 13.4. The van der Waals surface area contributed by atoms with Crippen LogP contribution >= 0.6 is 15.9 Å². The predicted molar refractivity (Wildman–Crippen MR) is 81.7 cm³/mol. The van der Waals surface area contributed by atoms with E-state index in [1.807, 2.05) is 0 Å². The molecule has 19 heavy (non-hydrogen) atoms. The number of fused-ring (bicyclic) bond motifs is 1. The Balaban J connectivity index is 1.56. The Morgan fingerprint density at radius 1 is 1.42 bits per heavy atom. The van der Waals surface area contributed by atoms with E-state index in [2.05, 4.69) is 53.3 Å². The topological polar surface area (TPSA) is 21.3 Å². The number of hydrogen-bond acceptors (Lipinski definition) is 2. The Kier molecular flexibility index (Phi) is 3.61. The van der Waals surface area contributed by atoms with Gasteiger partial charge in [0, 0.05) is 23.5 Å². The second kappa shape index (κ2) is 5.10. The Morgan fingerprint density at radius 3 is 3.00 bits per heavy atom. The van der Waals surface area contributed by atoms with Crippen LogP contribution in [0, 0.1) is 5.41 Å². The van der Waals surface area contributed by atoms with Crippen molar-refractivity contribution < 1.29 is 4.74 Å². The fourth-order valence-electron chi connectivity index (χ4n) is 3.38.